The van der Waals surface area contributed by atoms with Crippen molar-refractivity contribution in [1.82, 2.24) is 4.98 Å². The van der Waals surface area contributed by atoms with Crippen LogP contribution in [-0.2, 0) is 0 Å². The monoisotopic (exact) mass is 352 g/mol. The maximum Gasteiger partial charge on any atom is 0.312 e. The summed E-state index contributed by atoms with van der Waals surface area (Å²) in [5.41, 5.74) is 10.7. The third kappa shape index (κ3) is 3.26. The number of carbonyl (C=O) groups excluding carboxylic acids is 1. The van der Waals surface area contributed by atoms with Crippen molar-refractivity contribution in [2.24, 2.45) is 5.73 Å². The molecule has 0 aliphatic rings. The van der Waals surface area contributed by atoms with Crippen molar-refractivity contribution in [1.29, 1.82) is 0 Å². The summed E-state index contributed by atoms with van der Waals surface area (Å²) in [4.78, 5) is 25.4. The van der Waals surface area contributed by atoms with Crippen molar-refractivity contribution < 1.29 is 14.5 Å². The zero-order valence-electron chi connectivity index (χ0n) is 10.4. The molecule has 1 aromatic heterocycles. The topological polar surface area (TPSA) is 134 Å². The van der Waals surface area contributed by atoms with Gasteiger partial charge < -0.3 is 16.2 Å². The van der Waals surface area contributed by atoms with Crippen molar-refractivity contribution in [2.75, 3.05) is 5.73 Å². The Bertz CT molecular complexity index is 735. The lowest BCUT2D eigenvalue weighted by molar-refractivity contribution is -0.385. The van der Waals surface area contributed by atoms with Gasteiger partial charge in [0.2, 0.25) is 17.5 Å². The van der Waals surface area contributed by atoms with Gasteiger partial charge in [-0.25, -0.2) is 4.98 Å². The molecule has 8 nitrogen and oxygen atoms in total. The Hall–Kier alpha value is -2.68. The van der Waals surface area contributed by atoms with Gasteiger partial charge in [-0.15, -0.1) is 0 Å². The number of carbonyl (C=O) groups is 1. The lowest BCUT2D eigenvalue weighted by atomic mass is 10.2. The summed E-state index contributed by atoms with van der Waals surface area (Å²) in [6, 6.07) is 5.20. The van der Waals surface area contributed by atoms with Gasteiger partial charge >= 0.3 is 5.69 Å². The minimum absolute atomic E-state index is 0.0124. The highest BCUT2D eigenvalue weighted by molar-refractivity contribution is 9.10. The van der Waals surface area contributed by atoms with Crippen LogP contribution in [-0.4, -0.2) is 15.8 Å². The molecule has 0 fully saturated rings. The van der Waals surface area contributed by atoms with Gasteiger partial charge in [0, 0.05) is 11.6 Å². The Morgan fingerprint density at radius 2 is 2.10 bits per heavy atom. The van der Waals surface area contributed by atoms with Crippen molar-refractivity contribution in [3.63, 3.8) is 0 Å². The van der Waals surface area contributed by atoms with Crippen molar-refractivity contribution >= 4 is 33.2 Å². The number of benzene rings is 1. The number of nitro benzene ring substituents is 1. The van der Waals surface area contributed by atoms with Crippen molar-refractivity contribution in [3.8, 4) is 11.6 Å². The maximum absolute atomic E-state index is 11.1. The zero-order valence-corrected chi connectivity index (χ0v) is 12.0. The molecule has 0 aliphatic carbocycles. The average molecular weight is 353 g/mol. The summed E-state index contributed by atoms with van der Waals surface area (Å²) in [6.45, 7) is 0. The normalized spacial score (nSPS) is 10.1. The van der Waals surface area contributed by atoms with E-state index in [2.05, 4.69) is 20.9 Å². The highest BCUT2D eigenvalue weighted by Gasteiger charge is 2.19. The molecular formula is C12H9BrN4O4. The van der Waals surface area contributed by atoms with Crippen LogP contribution < -0.4 is 16.2 Å². The van der Waals surface area contributed by atoms with E-state index in [0.29, 0.717) is 10.2 Å². The molecule has 0 radical (unpaired) electrons. The molecule has 1 amide bonds. The van der Waals surface area contributed by atoms with Gasteiger partial charge in [-0.2, -0.15) is 0 Å². The third-order valence-electron chi connectivity index (χ3n) is 2.48. The summed E-state index contributed by atoms with van der Waals surface area (Å²) in [5.74, 6) is -0.724. The molecule has 0 atom stereocenters. The first-order chi connectivity index (χ1) is 9.88. The van der Waals surface area contributed by atoms with Crippen LogP contribution >= 0.6 is 15.9 Å². The van der Waals surface area contributed by atoms with Gasteiger partial charge in [-0.1, -0.05) is 0 Å². The quantitative estimate of drug-likeness (QED) is 0.639. The molecule has 0 saturated carbocycles. The van der Waals surface area contributed by atoms with Crippen LogP contribution in [0, 0.1) is 10.1 Å². The first-order valence-corrected chi connectivity index (χ1v) is 6.35. The highest BCUT2D eigenvalue weighted by Crippen LogP contribution is 2.34. The number of amides is 1. The first kappa shape index (κ1) is 14.7. The van der Waals surface area contributed by atoms with Gasteiger partial charge in [0.1, 0.15) is 0 Å². The highest BCUT2D eigenvalue weighted by atomic mass is 79.9. The Morgan fingerprint density at radius 3 is 2.67 bits per heavy atom. The van der Waals surface area contributed by atoms with Crippen LogP contribution in [0.2, 0.25) is 0 Å². The number of nitrogens with zero attached hydrogens (tertiary/aromatic N) is 2. The van der Waals surface area contributed by atoms with Gasteiger partial charge in [0.15, 0.2) is 0 Å². The zero-order chi connectivity index (χ0) is 15.6. The van der Waals surface area contributed by atoms with Crippen LogP contribution in [0.5, 0.6) is 11.6 Å². The molecule has 0 spiro atoms. The van der Waals surface area contributed by atoms with E-state index in [1.807, 2.05) is 0 Å². The van der Waals surface area contributed by atoms with Gasteiger partial charge in [-0.05, 0) is 34.1 Å². The Balaban J connectivity index is 2.44. The van der Waals surface area contributed by atoms with E-state index in [1.54, 1.807) is 6.07 Å². The predicted octanol–water partition coefficient (Wildman–Crippen LogP) is 2.23. The summed E-state index contributed by atoms with van der Waals surface area (Å²) in [5, 5.41) is 11.0. The van der Waals surface area contributed by atoms with Crippen molar-refractivity contribution in [2.45, 2.75) is 0 Å². The summed E-state index contributed by atoms with van der Waals surface area (Å²) in [7, 11) is 0. The van der Waals surface area contributed by atoms with Crippen LogP contribution in [0.4, 0.5) is 11.4 Å². The van der Waals surface area contributed by atoms with E-state index in [4.69, 9.17) is 16.2 Å². The number of primary amides is 1. The number of nitro groups is 1. The minimum Gasteiger partial charge on any atom is -0.431 e. The average Bonchev–Trinajstić information content (AvgIpc) is 2.41. The molecule has 0 unspecified atom stereocenters. The fourth-order valence-corrected chi connectivity index (χ4v) is 1.97. The lowest BCUT2D eigenvalue weighted by Crippen LogP contribution is -2.11. The number of nitrogens with two attached hydrogens (primary N) is 2. The summed E-state index contributed by atoms with van der Waals surface area (Å²) < 4.78 is 5.82. The van der Waals surface area contributed by atoms with E-state index in [-0.39, 0.29) is 17.2 Å². The van der Waals surface area contributed by atoms with E-state index in [9.17, 15) is 14.9 Å². The second kappa shape index (κ2) is 5.75. The second-order valence-electron chi connectivity index (χ2n) is 3.96. The second-order valence-corrected chi connectivity index (χ2v) is 4.82. The fraction of sp³-hybridized carbons (Fsp3) is 0. The summed E-state index contributed by atoms with van der Waals surface area (Å²) in [6.07, 6.45) is 1.35. The Morgan fingerprint density at radius 1 is 1.38 bits per heavy atom. The molecule has 0 aliphatic heterocycles. The van der Waals surface area contributed by atoms with E-state index in [1.165, 1.54) is 18.3 Å². The number of aromatic nitrogens is 1. The number of anilines is 1. The Labute approximate surface area is 127 Å². The standard InChI is InChI=1S/C12H9BrN4O4/c13-8-4-7(14)5-16-12(8)21-10-2-1-6(11(15)18)3-9(10)17(19)20/h1-5H,14H2,(H2,15,18). The fourth-order valence-electron chi connectivity index (χ4n) is 1.52. The third-order valence-corrected chi connectivity index (χ3v) is 3.04. The molecule has 9 heteroatoms. The molecule has 2 aromatic rings. The number of rotatable bonds is 4. The molecule has 1 aromatic carbocycles. The van der Waals surface area contributed by atoms with Gasteiger partial charge in [0.25, 0.3) is 0 Å². The Kier molecular flexibility index (Phi) is 4.03. The number of hydrogen-bond donors (Lipinski definition) is 2. The van der Waals surface area contributed by atoms with E-state index in [0.717, 1.165) is 6.07 Å². The van der Waals surface area contributed by atoms with E-state index >= 15 is 0 Å². The van der Waals surface area contributed by atoms with Crippen LogP contribution in [0.15, 0.2) is 34.9 Å². The molecule has 1 heterocycles. The van der Waals surface area contributed by atoms with Crippen molar-refractivity contribution in [3.05, 3.63) is 50.6 Å². The van der Waals surface area contributed by atoms with Crippen LogP contribution in [0.1, 0.15) is 10.4 Å². The number of ether oxygens (including phenoxy) is 1. The largest absolute Gasteiger partial charge is 0.431 e. The number of pyridine rings is 1. The van der Waals surface area contributed by atoms with Crippen LogP contribution in [0.3, 0.4) is 0 Å². The van der Waals surface area contributed by atoms with Gasteiger partial charge in [-0.3, -0.25) is 14.9 Å². The molecule has 0 saturated heterocycles. The summed E-state index contributed by atoms with van der Waals surface area (Å²) >= 11 is 3.19. The van der Waals surface area contributed by atoms with Crippen LogP contribution in [0.25, 0.3) is 0 Å². The number of halogens is 1. The number of hydrogen-bond acceptors (Lipinski definition) is 6. The molecule has 108 valence electrons. The smallest absolute Gasteiger partial charge is 0.312 e. The molecular weight excluding hydrogens is 344 g/mol. The molecule has 4 N–H and O–H groups in total. The van der Waals surface area contributed by atoms with Gasteiger partial charge in [0.05, 0.1) is 21.3 Å². The maximum atomic E-state index is 11.1. The lowest BCUT2D eigenvalue weighted by Gasteiger charge is -2.08. The molecule has 0 bridgehead atoms. The first-order valence-electron chi connectivity index (χ1n) is 5.55. The minimum atomic E-state index is -0.767. The SMILES string of the molecule is NC(=O)c1ccc(Oc2ncc(N)cc2Br)c([N+](=O)[O-])c1. The number of nitrogen functional groups attached to an aromatic ring is 1. The van der Waals surface area contributed by atoms with E-state index < -0.39 is 16.5 Å². The predicted molar refractivity (Wildman–Crippen MR) is 78.0 cm³/mol. The molecule has 2 rings (SSSR count). The molecule has 21 heavy (non-hydrogen) atoms.